The molecule has 3 aromatic rings. The zero-order chi connectivity index (χ0) is 19.3. The van der Waals surface area contributed by atoms with E-state index in [2.05, 4.69) is 45.5 Å². The summed E-state index contributed by atoms with van der Waals surface area (Å²) in [5.74, 6) is -0.0152. The van der Waals surface area contributed by atoms with Crippen LogP contribution in [0.15, 0.2) is 48.8 Å². The molecule has 0 fully saturated rings. The number of aryl methyl sites for hydroxylation is 1. The van der Waals surface area contributed by atoms with Crippen molar-refractivity contribution in [3.63, 3.8) is 0 Å². The fraction of sp³-hybridized carbons (Fsp3) is 0.364. The number of carbonyl (C=O) groups is 1. The van der Waals surface area contributed by atoms with Gasteiger partial charge in [-0.1, -0.05) is 24.3 Å². The molecule has 1 amide bonds. The average Bonchev–Trinajstić information content (AvgIpc) is 3.14. The van der Waals surface area contributed by atoms with Gasteiger partial charge in [-0.25, -0.2) is 0 Å². The van der Waals surface area contributed by atoms with E-state index in [4.69, 9.17) is 0 Å². The van der Waals surface area contributed by atoms with Crippen LogP contribution in [0.5, 0.6) is 0 Å². The third-order valence-corrected chi connectivity index (χ3v) is 6.33. The number of rotatable bonds is 7. The second-order valence-corrected chi connectivity index (χ2v) is 8.51. The molecule has 4 rings (SSSR count). The van der Waals surface area contributed by atoms with Gasteiger partial charge in [0.05, 0.1) is 10.8 Å². The van der Waals surface area contributed by atoms with Crippen molar-refractivity contribution in [1.82, 2.24) is 15.2 Å². The molecular formula is C22H25N3O2S. The number of nitrogens with one attached hydrogen (secondary N) is 1. The van der Waals surface area contributed by atoms with Crippen molar-refractivity contribution in [2.45, 2.75) is 31.9 Å². The molecule has 1 atom stereocenters. The first-order chi connectivity index (χ1) is 13.7. The van der Waals surface area contributed by atoms with Gasteiger partial charge < -0.3 is 10.4 Å². The number of fused-ring (bicyclic) bond motifs is 2. The maximum atomic E-state index is 12.1. The highest BCUT2D eigenvalue weighted by atomic mass is 32.1. The van der Waals surface area contributed by atoms with E-state index in [0.29, 0.717) is 25.9 Å². The van der Waals surface area contributed by atoms with Crippen molar-refractivity contribution in [2.75, 3.05) is 19.6 Å². The van der Waals surface area contributed by atoms with Gasteiger partial charge in [0.2, 0.25) is 5.91 Å². The number of hydrogen-bond acceptors (Lipinski definition) is 5. The van der Waals surface area contributed by atoms with E-state index < -0.39 is 6.10 Å². The molecule has 0 saturated heterocycles. The van der Waals surface area contributed by atoms with Crippen molar-refractivity contribution in [3.05, 3.63) is 64.8 Å². The fourth-order valence-electron chi connectivity index (χ4n) is 3.69. The summed E-state index contributed by atoms with van der Waals surface area (Å²) in [6.45, 7) is 2.69. The molecule has 146 valence electrons. The van der Waals surface area contributed by atoms with Gasteiger partial charge in [-0.05, 0) is 41.5 Å². The molecule has 1 aliphatic heterocycles. The SMILES string of the molecule is O=C(CCc1cc2ccncc2s1)NC[C@@H](O)CN1CCc2ccccc2C1. The monoisotopic (exact) mass is 395 g/mol. The van der Waals surface area contributed by atoms with E-state index in [1.54, 1.807) is 17.5 Å². The van der Waals surface area contributed by atoms with Crippen LogP contribution in [-0.2, 0) is 24.2 Å². The van der Waals surface area contributed by atoms with Crippen LogP contribution in [0, 0.1) is 0 Å². The van der Waals surface area contributed by atoms with Crippen LogP contribution in [0.3, 0.4) is 0 Å². The molecule has 1 aromatic carbocycles. The van der Waals surface area contributed by atoms with Crippen LogP contribution in [0.25, 0.3) is 10.1 Å². The molecule has 2 N–H and O–H groups in total. The van der Waals surface area contributed by atoms with E-state index in [0.717, 1.165) is 24.2 Å². The summed E-state index contributed by atoms with van der Waals surface area (Å²) in [4.78, 5) is 19.7. The highest BCUT2D eigenvalue weighted by molar-refractivity contribution is 7.19. The van der Waals surface area contributed by atoms with Gasteiger partial charge in [0, 0.05) is 49.9 Å². The van der Waals surface area contributed by atoms with Gasteiger partial charge in [0.15, 0.2) is 0 Å². The van der Waals surface area contributed by atoms with Crippen molar-refractivity contribution in [2.24, 2.45) is 0 Å². The predicted molar refractivity (Wildman–Crippen MR) is 112 cm³/mol. The summed E-state index contributed by atoms with van der Waals surface area (Å²) in [6, 6.07) is 12.6. The lowest BCUT2D eigenvalue weighted by Gasteiger charge is -2.30. The van der Waals surface area contributed by atoms with E-state index in [9.17, 15) is 9.90 Å². The maximum Gasteiger partial charge on any atom is 0.220 e. The first-order valence-electron chi connectivity index (χ1n) is 9.74. The van der Waals surface area contributed by atoms with Crippen LogP contribution in [0.1, 0.15) is 22.4 Å². The predicted octanol–water partition coefficient (Wildman–Crippen LogP) is 2.76. The number of carbonyl (C=O) groups excluding carboxylic acids is 1. The Bertz CT molecular complexity index is 923. The number of nitrogens with zero attached hydrogens (tertiary/aromatic N) is 2. The largest absolute Gasteiger partial charge is 0.390 e. The molecule has 3 heterocycles. The average molecular weight is 396 g/mol. The zero-order valence-corrected chi connectivity index (χ0v) is 16.6. The normalized spacial score (nSPS) is 15.3. The molecule has 2 aromatic heterocycles. The lowest BCUT2D eigenvalue weighted by atomic mass is 10.00. The van der Waals surface area contributed by atoms with Crippen LogP contribution in [-0.4, -0.2) is 46.6 Å². The molecule has 0 unspecified atom stereocenters. The summed E-state index contributed by atoms with van der Waals surface area (Å²) in [5.41, 5.74) is 2.74. The van der Waals surface area contributed by atoms with Crippen molar-refractivity contribution < 1.29 is 9.90 Å². The second kappa shape index (κ2) is 8.82. The Balaban J connectivity index is 1.19. The minimum atomic E-state index is -0.551. The molecule has 6 heteroatoms. The lowest BCUT2D eigenvalue weighted by molar-refractivity contribution is -0.121. The molecule has 0 bridgehead atoms. The smallest absolute Gasteiger partial charge is 0.220 e. The minimum absolute atomic E-state index is 0.0152. The third kappa shape index (κ3) is 4.76. The number of hydrogen-bond donors (Lipinski definition) is 2. The van der Waals surface area contributed by atoms with Gasteiger partial charge in [0.1, 0.15) is 0 Å². The number of thiophene rings is 1. The van der Waals surface area contributed by atoms with Crippen LogP contribution in [0.2, 0.25) is 0 Å². The Morgan fingerprint density at radius 3 is 3.00 bits per heavy atom. The summed E-state index contributed by atoms with van der Waals surface area (Å²) in [5, 5.41) is 14.4. The quantitative estimate of drug-likeness (QED) is 0.646. The summed E-state index contributed by atoms with van der Waals surface area (Å²) in [7, 11) is 0. The van der Waals surface area contributed by atoms with E-state index in [-0.39, 0.29) is 5.91 Å². The highest BCUT2D eigenvalue weighted by Crippen LogP contribution is 2.25. The first kappa shape index (κ1) is 19.1. The standard InChI is InChI=1S/C22H25N3O2S/c26-19(15-25-10-8-16-3-1-2-4-18(16)14-25)12-24-22(27)6-5-20-11-17-7-9-23-13-21(17)28-20/h1-4,7,9,11,13,19,26H,5-6,8,10,12,14-15H2,(H,24,27)/t19-/m1/s1. The number of β-amino-alcohol motifs (C(OH)–C–C–N with tert-alkyl or cyclic N) is 1. The molecule has 0 saturated carbocycles. The molecule has 0 aliphatic carbocycles. The van der Waals surface area contributed by atoms with Gasteiger partial charge in [-0.2, -0.15) is 0 Å². The molecule has 5 nitrogen and oxygen atoms in total. The van der Waals surface area contributed by atoms with Crippen LogP contribution < -0.4 is 5.32 Å². The minimum Gasteiger partial charge on any atom is -0.390 e. The number of aliphatic hydroxyl groups is 1. The third-order valence-electron chi connectivity index (χ3n) is 5.19. The Kier molecular flexibility index (Phi) is 6.00. The van der Waals surface area contributed by atoms with Gasteiger partial charge in [-0.3, -0.25) is 14.7 Å². The maximum absolute atomic E-state index is 12.1. The second-order valence-electron chi connectivity index (χ2n) is 7.34. The number of amides is 1. The summed E-state index contributed by atoms with van der Waals surface area (Å²) >= 11 is 1.68. The first-order valence-corrected chi connectivity index (χ1v) is 10.6. The molecular weight excluding hydrogens is 370 g/mol. The summed E-state index contributed by atoms with van der Waals surface area (Å²) in [6.07, 6.45) is 5.26. The topological polar surface area (TPSA) is 65.5 Å². The van der Waals surface area contributed by atoms with Crippen LogP contribution in [0.4, 0.5) is 0 Å². The van der Waals surface area contributed by atoms with Gasteiger partial charge in [-0.15, -0.1) is 11.3 Å². The van der Waals surface area contributed by atoms with Crippen LogP contribution >= 0.6 is 11.3 Å². The van der Waals surface area contributed by atoms with Gasteiger partial charge >= 0.3 is 0 Å². The van der Waals surface area contributed by atoms with E-state index in [1.165, 1.54) is 21.4 Å². The Labute approximate surface area is 169 Å². The van der Waals surface area contributed by atoms with E-state index >= 15 is 0 Å². The number of aliphatic hydroxyl groups excluding tert-OH is 1. The molecule has 28 heavy (non-hydrogen) atoms. The zero-order valence-electron chi connectivity index (χ0n) is 15.8. The fourth-order valence-corrected chi connectivity index (χ4v) is 4.72. The number of aromatic nitrogens is 1. The number of benzene rings is 1. The Morgan fingerprint density at radius 2 is 2.14 bits per heavy atom. The highest BCUT2D eigenvalue weighted by Gasteiger charge is 2.18. The lowest BCUT2D eigenvalue weighted by Crippen LogP contribution is -2.42. The van der Waals surface area contributed by atoms with Crippen molar-refractivity contribution in [3.8, 4) is 0 Å². The molecule has 0 radical (unpaired) electrons. The molecule has 0 spiro atoms. The van der Waals surface area contributed by atoms with E-state index in [1.807, 2.05) is 12.3 Å². The molecule has 1 aliphatic rings. The van der Waals surface area contributed by atoms with Crippen molar-refractivity contribution >= 4 is 27.3 Å². The Morgan fingerprint density at radius 1 is 1.29 bits per heavy atom. The Hall–Kier alpha value is -2.28. The van der Waals surface area contributed by atoms with Crippen molar-refractivity contribution in [1.29, 1.82) is 0 Å². The number of pyridine rings is 1. The summed E-state index contributed by atoms with van der Waals surface area (Å²) < 4.78 is 1.15. The van der Waals surface area contributed by atoms with Gasteiger partial charge in [0.25, 0.3) is 0 Å².